The topological polar surface area (TPSA) is 61.4 Å². The molecule has 0 aromatic carbocycles. The van der Waals surface area contributed by atoms with Crippen molar-refractivity contribution in [1.82, 2.24) is 29.5 Å². The zero-order valence-corrected chi connectivity index (χ0v) is 9.22. The van der Waals surface area contributed by atoms with E-state index in [0.717, 1.165) is 11.5 Å². The number of aryl methyl sites for hydroxylation is 1. The van der Waals surface area contributed by atoms with Gasteiger partial charge in [-0.15, -0.1) is 0 Å². The van der Waals surface area contributed by atoms with E-state index in [2.05, 4.69) is 20.2 Å². The van der Waals surface area contributed by atoms with Gasteiger partial charge in [0, 0.05) is 36.5 Å². The van der Waals surface area contributed by atoms with Gasteiger partial charge in [0.1, 0.15) is 0 Å². The highest BCUT2D eigenvalue weighted by Gasteiger charge is 2.05. The zero-order valence-electron chi connectivity index (χ0n) is 9.22. The Morgan fingerprint density at radius 2 is 1.65 bits per heavy atom. The van der Waals surface area contributed by atoms with E-state index in [-0.39, 0.29) is 0 Å². The lowest BCUT2D eigenvalue weighted by molar-refractivity contribution is 0.768. The molecular weight excluding hydrogens is 216 g/mol. The summed E-state index contributed by atoms with van der Waals surface area (Å²) in [5.74, 6) is 1.27. The maximum absolute atomic E-state index is 4.41. The Balaban J connectivity index is 2.13. The number of hydrogen-bond acceptors (Lipinski definition) is 4. The van der Waals surface area contributed by atoms with Gasteiger partial charge < -0.3 is 0 Å². The van der Waals surface area contributed by atoms with Crippen molar-refractivity contribution < 1.29 is 0 Å². The smallest absolute Gasteiger partial charge is 0.222 e. The Kier molecular flexibility index (Phi) is 2.18. The second-order valence-corrected chi connectivity index (χ2v) is 3.57. The number of aromatic nitrogens is 6. The number of rotatable bonds is 2. The highest BCUT2D eigenvalue weighted by Crippen LogP contribution is 2.07. The molecule has 0 saturated carbocycles. The van der Waals surface area contributed by atoms with Crippen molar-refractivity contribution in [1.29, 1.82) is 0 Å². The molecule has 3 aromatic heterocycles. The average molecular weight is 226 g/mol. The van der Waals surface area contributed by atoms with Crippen molar-refractivity contribution in [2.75, 3.05) is 0 Å². The molecule has 0 radical (unpaired) electrons. The number of hydrogen-bond donors (Lipinski definition) is 0. The summed E-state index contributed by atoms with van der Waals surface area (Å²) >= 11 is 0. The summed E-state index contributed by atoms with van der Waals surface area (Å²) in [5.41, 5.74) is 0.871. The van der Waals surface area contributed by atoms with Gasteiger partial charge in [-0.05, 0) is 19.1 Å². The molecule has 0 fully saturated rings. The molecule has 17 heavy (non-hydrogen) atoms. The summed E-state index contributed by atoms with van der Waals surface area (Å²) in [6.45, 7) is 1.92. The predicted octanol–water partition coefficient (Wildman–Crippen LogP) is 1.16. The molecule has 0 aliphatic carbocycles. The van der Waals surface area contributed by atoms with Crippen LogP contribution in [0.2, 0.25) is 0 Å². The first kappa shape index (κ1) is 9.71. The van der Waals surface area contributed by atoms with Gasteiger partial charge in [0.15, 0.2) is 5.82 Å². The lowest BCUT2D eigenvalue weighted by Gasteiger charge is -2.05. The standard InChI is InChI=1S/C11H10N6/c1-9-8-10(16-6-2-4-12-16)15-11(14-9)17-7-3-5-13-17/h2-8H,1H3. The normalized spacial score (nSPS) is 10.6. The van der Waals surface area contributed by atoms with Crippen LogP contribution in [0.3, 0.4) is 0 Å². The molecule has 0 bridgehead atoms. The van der Waals surface area contributed by atoms with Crippen LogP contribution in [-0.4, -0.2) is 29.5 Å². The van der Waals surface area contributed by atoms with Gasteiger partial charge in [-0.3, -0.25) is 0 Å². The molecule has 3 rings (SSSR count). The van der Waals surface area contributed by atoms with Crippen LogP contribution in [0.5, 0.6) is 0 Å². The van der Waals surface area contributed by atoms with Crippen LogP contribution >= 0.6 is 0 Å². The van der Waals surface area contributed by atoms with Crippen LogP contribution in [0.1, 0.15) is 5.69 Å². The van der Waals surface area contributed by atoms with Crippen LogP contribution in [0.15, 0.2) is 43.0 Å². The average Bonchev–Trinajstić information content (AvgIpc) is 3.02. The fourth-order valence-electron chi connectivity index (χ4n) is 1.55. The number of nitrogens with zero attached hydrogens (tertiary/aromatic N) is 6. The molecule has 0 aliphatic heterocycles. The first-order valence-corrected chi connectivity index (χ1v) is 5.19. The molecule has 0 aliphatic rings. The first-order chi connectivity index (χ1) is 8.33. The Bertz CT molecular complexity index is 559. The molecule has 3 heterocycles. The summed E-state index contributed by atoms with van der Waals surface area (Å²) in [6.07, 6.45) is 7.06. The SMILES string of the molecule is Cc1cc(-n2cccn2)nc(-n2cccn2)n1. The highest BCUT2D eigenvalue weighted by atomic mass is 15.4. The first-order valence-electron chi connectivity index (χ1n) is 5.19. The Labute approximate surface area is 97.6 Å². The lowest BCUT2D eigenvalue weighted by Crippen LogP contribution is -2.07. The van der Waals surface area contributed by atoms with Crippen molar-refractivity contribution in [2.45, 2.75) is 6.92 Å². The van der Waals surface area contributed by atoms with Gasteiger partial charge in [0.25, 0.3) is 5.95 Å². The maximum atomic E-state index is 4.41. The minimum absolute atomic E-state index is 0.542. The molecule has 0 amide bonds. The Morgan fingerprint density at radius 1 is 0.941 bits per heavy atom. The lowest BCUT2D eigenvalue weighted by atomic mass is 10.4. The third-order valence-electron chi connectivity index (χ3n) is 2.28. The third-order valence-corrected chi connectivity index (χ3v) is 2.28. The second-order valence-electron chi connectivity index (χ2n) is 3.57. The van der Waals surface area contributed by atoms with Gasteiger partial charge >= 0.3 is 0 Å². The fourth-order valence-corrected chi connectivity index (χ4v) is 1.55. The molecular formula is C11H10N6. The van der Waals surface area contributed by atoms with E-state index in [1.54, 1.807) is 21.8 Å². The Hall–Kier alpha value is -2.50. The summed E-state index contributed by atoms with van der Waals surface area (Å²) < 4.78 is 3.32. The molecule has 6 heteroatoms. The quantitative estimate of drug-likeness (QED) is 0.657. The van der Waals surface area contributed by atoms with Crippen molar-refractivity contribution in [2.24, 2.45) is 0 Å². The summed E-state index contributed by atoms with van der Waals surface area (Å²) in [7, 11) is 0. The van der Waals surface area contributed by atoms with E-state index >= 15 is 0 Å². The van der Waals surface area contributed by atoms with E-state index < -0.39 is 0 Å². The van der Waals surface area contributed by atoms with E-state index in [1.807, 2.05) is 37.5 Å². The fraction of sp³-hybridized carbons (Fsp3) is 0.0909. The van der Waals surface area contributed by atoms with Crippen LogP contribution in [0.4, 0.5) is 0 Å². The van der Waals surface area contributed by atoms with E-state index in [1.165, 1.54) is 0 Å². The van der Waals surface area contributed by atoms with Gasteiger partial charge in [-0.1, -0.05) is 0 Å². The van der Waals surface area contributed by atoms with E-state index in [4.69, 9.17) is 0 Å². The van der Waals surface area contributed by atoms with Crippen molar-refractivity contribution >= 4 is 0 Å². The minimum atomic E-state index is 0.542. The van der Waals surface area contributed by atoms with Crippen LogP contribution in [0.25, 0.3) is 11.8 Å². The second kappa shape index (κ2) is 3.82. The summed E-state index contributed by atoms with van der Waals surface area (Å²) in [6, 6.07) is 5.56. The summed E-state index contributed by atoms with van der Waals surface area (Å²) in [5, 5.41) is 8.26. The molecule has 0 spiro atoms. The Morgan fingerprint density at radius 3 is 2.29 bits per heavy atom. The maximum Gasteiger partial charge on any atom is 0.252 e. The predicted molar refractivity (Wildman–Crippen MR) is 61.0 cm³/mol. The molecule has 0 saturated heterocycles. The monoisotopic (exact) mass is 226 g/mol. The van der Waals surface area contributed by atoms with Crippen molar-refractivity contribution in [3.05, 3.63) is 48.7 Å². The molecule has 3 aromatic rings. The van der Waals surface area contributed by atoms with E-state index in [9.17, 15) is 0 Å². The van der Waals surface area contributed by atoms with Gasteiger partial charge in [-0.2, -0.15) is 15.2 Å². The molecule has 0 N–H and O–H groups in total. The summed E-state index contributed by atoms with van der Waals surface area (Å²) in [4.78, 5) is 8.74. The van der Waals surface area contributed by atoms with Gasteiger partial charge in [0.05, 0.1) is 0 Å². The molecule has 6 nitrogen and oxygen atoms in total. The molecule has 0 unspecified atom stereocenters. The van der Waals surface area contributed by atoms with Crippen LogP contribution in [-0.2, 0) is 0 Å². The highest BCUT2D eigenvalue weighted by molar-refractivity contribution is 5.27. The van der Waals surface area contributed by atoms with Crippen molar-refractivity contribution in [3.8, 4) is 11.8 Å². The van der Waals surface area contributed by atoms with Crippen molar-refractivity contribution in [3.63, 3.8) is 0 Å². The largest absolute Gasteiger partial charge is 0.252 e. The van der Waals surface area contributed by atoms with E-state index in [0.29, 0.717) is 5.95 Å². The van der Waals surface area contributed by atoms with Crippen LogP contribution < -0.4 is 0 Å². The minimum Gasteiger partial charge on any atom is -0.222 e. The third kappa shape index (κ3) is 1.80. The van der Waals surface area contributed by atoms with Crippen LogP contribution in [0, 0.1) is 6.92 Å². The molecule has 0 atom stereocenters. The van der Waals surface area contributed by atoms with Gasteiger partial charge in [0.2, 0.25) is 0 Å². The van der Waals surface area contributed by atoms with Gasteiger partial charge in [-0.25, -0.2) is 14.3 Å². The molecule has 84 valence electrons. The zero-order chi connectivity index (χ0) is 11.7.